The molecule has 0 aromatic heterocycles. The molecule has 0 saturated carbocycles. The average molecular weight is 318 g/mol. The molecule has 0 bridgehead atoms. The van der Waals surface area contributed by atoms with Crippen LogP contribution in [0.15, 0.2) is 78.9 Å². The highest BCUT2D eigenvalue weighted by atomic mass is 16.6. The van der Waals surface area contributed by atoms with Crippen molar-refractivity contribution in [3.8, 4) is 22.6 Å². The maximum absolute atomic E-state index is 12.3. The van der Waals surface area contributed by atoms with Crippen molar-refractivity contribution in [3.63, 3.8) is 0 Å². The molecule has 0 N–H and O–H groups in total. The van der Waals surface area contributed by atoms with Gasteiger partial charge in [-0.05, 0) is 42.3 Å². The van der Waals surface area contributed by atoms with Gasteiger partial charge in [-0.2, -0.15) is 0 Å². The minimum absolute atomic E-state index is 0.401. The van der Waals surface area contributed by atoms with Crippen LogP contribution >= 0.6 is 0 Å². The zero-order valence-electron chi connectivity index (χ0n) is 13.4. The molecule has 0 saturated heterocycles. The summed E-state index contributed by atoms with van der Waals surface area (Å²) in [7, 11) is 0. The fourth-order valence-corrected chi connectivity index (χ4v) is 2.40. The molecule has 0 aliphatic carbocycles. The summed E-state index contributed by atoms with van der Waals surface area (Å²) in [5, 5.41) is 0. The van der Waals surface area contributed by atoms with Crippen molar-refractivity contribution in [1.29, 1.82) is 0 Å². The van der Waals surface area contributed by atoms with E-state index in [1.54, 1.807) is 24.3 Å². The van der Waals surface area contributed by atoms with E-state index in [0.717, 1.165) is 11.1 Å². The lowest BCUT2D eigenvalue weighted by Crippen LogP contribution is -2.09. The summed E-state index contributed by atoms with van der Waals surface area (Å²) in [5.74, 6) is 0.590. The Labute approximate surface area is 141 Å². The van der Waals surface area contributed by atoms with Gasteiger partial charge < -0.3 is 9.47 Å². The van der Waals surface area contributed by atoms with Gasteiger partial charge in [0, 0.05) is 0 Å². The third kappa shape index (κ3) is 3.63. The second-order valence-electron chi connectivity index (χ2n) is 5.21. The van der Waals surface area contributed by atoms with E-state index in [0.29, 0.717) is 23.7 Å². The quantitative estimate of drug-likeness (QED) is 0.492. The number of rotatable bonds is 5. The molecule has 24 heavy (non-hydrogen) atoms. The first-order chi connectivity index (χ1) is 11.8. The highest BCUT2D eigenvalue weighted by Gasteiger charge is 2.12. The van der Waals surface area contributed by atoms with E-state index in [9.17, 15) is 4.79 Å². The number of carbonyl (C=O) groups excluding carboxylic acids is 1. The van der Waals surface area contributed by atoms with Crippen LogP contribution in [-0.4, -0.2) is 12.6 Å². The Morgan fingerprint density at radius 1 is 0.750 bits per heavy atom. The fourth-order valence-electron chi connectivity index (χ4n) is 2.40. The predicted octanol–water partition coefficient (Wildman–Crippen LogP) is 4.97. The van der Waals surface area contributed by atoms with Crippen LogP contribution in [0.1, 0.15) is 17.3 Å². The Morgan fingerprint density at radius 3 is 2.00 bits per heavy atom. The third-order valence-electron chi connectivity index (χ3n) is 3.58. The minimum atomic E-state index is -0.401. The molecule has 3 heteroatoms. The molecule has 0 unspecified atom stereocenters. The van der Waals surface area contributed by atoms with E-state index in [1.807, 2.05) is 61.5 Å². The van der Waals surface area contributed by atoms with Crippen LogP contribution in [0.5, 0.6) is 11.5 Å². The first-order valence-corrected chi connectivity index (χ1v) is 7.87. The SMILES string of the molecule is CCOc1ccccc1OC(=O)c1ccc(-c2ccccc2)cc1. The Balaban J connectivity index is 1.76. The van der Waals surface area contributed by atoms with Gasteiger partial charge in [-0.25, -0.2) is 4.79 Å². The maximum atomic E-state index is 12.3. The van der Waals surface area contributed by atoms with Crippen LogP contribution in [0, 0.1) is 0 Å². The molecule has 0 fully saturated rings. The van der Waals surface area contributed by atoms with Crippen molar-refractivity contribution in [2.45, 2.75) is 6.92 Å². The van der Waals surface area contributed by atoms with E-state index in [4.69, 9.17) is 9.47 Å². The number of esters is 1. The third-order valence-corrected chi connectivity index (χ3v) is 3.58. The van der Waals surface area contributed by atoms with Gasteiger partial charge in [-0.15, -0.1) is 0 Å². The van der Waals surface area contributed by atoms with Crippen LogP contribution in [0.25, 0.3) is 11.1 Å². The highest BCUT2D eigenvalue weighted by molar-refractivity contribution is 5.92. The van der Waals surface area contributed by atoms with Crippen LogP contribution in [0.4, 0.5) is 0 Å². The molecule has 0 aliphatic heterocycles. The molecule has 0 amide bonds. The number of hydrogen-bond donors (Lipinski definition) is 0. The molecule has 0 spiro atoms. The second kappa shape index (κ2) is 7.47. The Hall–Kier alpha value is -3.07. The molecule has 3 nitrogen and oxygen atoms in total. The Kier molecular flexibility index (Phi) is 4.92. The molecular formula is C21H18O3. The monoisotopic (exact) mass is 318 g/mol. The Morgan fingerprint density at radius 2 is 1.33 bits per heavy atom. The van der Waals surface area contributed by atoms with Gasteiger partial charge in [0.2, 0.25) is 0 Å². The van der Waals surface area contributed by atoms with Gasteiger partial charge in [0.05, 0.1) is 12.2 Å². The first-order valence-electron chi connectivity index (χ1n) is 7.87. The molecule has 0 heterocycles. The first kappa shape index (κ1) is 15.8. The van der Waals surface area contributed by atoms with Crippen molar-refractivity contribution in [3.05, 3.63) is 84.4 Å². The van der Waals surface area contributed by atoms with E-state index >= 15 is 0 Å². The predicted molar refractivity (Wildman–Crippen MR) is 94.4 cm³/mol. The normalized spacial score (nSPS) is 10.2. The number of para-hydroxylation sites is 2. The highest BCUT2D eigenvalue weighted by Crippen LogP contribution is 2.27. The van der Waals surface area contributed by atoms with E-state index < -0.39 is 5.97 Å². The summed E-state index contributed by atoms with van der Waals surface area (Å²) in [6.45, 7) is 2.40. The van der Waals surface area contributed by atoms with Crippen LogP contribution < -0.4 is 9.47 Å². The van der Waals surface area contributed by atoms with Crippen LogP contribution in [0.3, 0.4) is 0 Å². The number of carbonyl (C=O) groups is 1. The lowest BCUT2D eigenvalue weighted by molar-refractivity contribution is 0.0728. The number of ether oxygens (including phenoxy) is 2. The minimum Gasteiger partial charge on any atom is -0.490 e. The smallest absolute Gasteiger partial charge is 0.343 e. The van der Waals surface area contributed by atoms with Gasteiger partial charge in [-0.3, -0.25) is 0 Å². The fraction of sp³-hybridized carbons (Fsp3) is 0.0952. The van der Waals surface area contributed by atoms with Crippen molar-refractivity contribution in [2.24, 2.45) is 0 Å². The van der Waals surface area contributed by atoms with Crippen LogP contribution in [0.2, 0.25) is 0 Å². The van der Waals surface area contributed by atoms with Gasteiger partial charge >= 0.3 is 5.97 Å². The molecule has 3 aromatic rings. The summed E-state index contributed by atoms with van der Waals surface area (Å²) in [6.07, 6.45) is 0. The number of hydrogen-bond acceptors (Lipinski definition) is 3. The van der Waals surface area contributed by atoms with Crippen molar-refractivity contribution in [1.82, 2.24) is 0 Å². The van der Waals surface area contributed by atoms with Crippen molar-refractivity contribution < 1.29 is 14.3 Å². The molecule has 0 atom stereocenters. The van der Waals surface area contributed by atoms with Crippen molar-refractivity contribution >= 4 is 5.97 Å². The molecule has 0 aliphatic rings. The zero-order chi connectivity index (χ0) is 16.8. The van der Waals surface area contributed by atoms with Gasteiger partial charge in [0.15, 0.2) is 11.5 Å². The number of benzene rings is 3. The molecule has 3 rings (SSSR count). The van der Waals surface area contributed by atoms with Gasteiger partial charge in [-0.1, -0.05) is 54.6 Å². The lowest BCUT2D eigenvalue weighted by atomic mass is 10.0. The lowest BCUT2D eigenvalue weighted by Gasteiger charge is -2.10. The summed E-state index contributed by atoms with van der Waals surface area (Å²) >= 11 is 0. The van der Waals surface area contributed by atoms with Gasteiger partial charge in [0.1, 0.15) is 0 Å². The standard InChI is InChI=1S/C21H18O3/c1-2-23-19-10-6-7-11-20(19)24-21(22)18-14-12-17(13-15-18)16-8-4-3-5-9-16/h3-15H,2H2,1H3. The van der Waals surface area contributed by atoms with Crippen LogP contribution in [-0.2, 0) is 0 Å². The van der Waals surface area contributed by atoms with Gasteiger partial charge in [0.25, 0.3) is 0 Å². The zero-order valence-corrected chi connectivity index (χ0v) is 13.4. The van der Waals surface area contributed by atoms with Crippen molar-refractivity contribution in [2.75, 3.05) is 6.61 Å². The summed E-state index contributed by atoms with van der Waals surface area (Å²) < 4.78 is 10.9. The maximum Gasteiger partial charge on any atom is 0.343 e. The summed E-state index contributed by atoms with van der Waals surface area (Å²) in [5.41, 5.74) is 2.67. The Bertz CT molecular complexity index is 808. The second-order valence-corrected chi connectivity index (χ2v) is 5.21. The molecule has 3 aromatic carbocycles. The molecule has 120 valence electrons. The molecular weight excluding hydrogens is 300 g/mol. The van der Waals surface area contributed by atoms with E-state index in [1.165, 1.54) is 0 Å². The van der Waals surface area contributed by atoms with E-state index in [2.05, 4.69) is 0 Å². The largest absolute Gasteiger partial charge is 0.490 e. The molecule has 0 radical (unpaired) electrons. The topological polar surface area (TPSA) is 35.5 Å². The van der Waals surface area contributed by atoms with E-state index in [-0.39, 0.29) is 0 Å². The summed E-state index contributed by atoms with van der Waals surface area (Å²) in [6, 6.07) is 24.6. The average Bonchev–Trinajstić information content (AvgIpc) is 2.64. The summed E-state index contributed by atoms with van der Waals surface area (Å²) in [4.78, 5) is 12.3.